The highest BCUT2D eigenvalue weighted by Gasteiger charge is 2.35. The second-order valence-electron chi connectivity index (χ2n) is 6.98. The number of hydrogen-bond donors (Lipinski definition) is 1. The quantitative estimate of drug-likeness (QED) is 0.878. The Balaban J connectivity index is 1.89. The first kappa shape index (κ1) is 18.6. The molecule has 0 aromatic heterocycles. The van der Waals surface area contributed by atoms with Crippen molar-refractivity contribution in [1.82, 2.24) is 4.72 Å². The van der Waals surface area contributed by atoms with E-state index >= 15 is 0 Å². The van der Waals surface area contributed by atoms with Crippen molar-refractivity contribution in [2.45, 2.75) is 38.1 Å². The number of carbonyl (C=O) groups is 1. The second-order valence-corrected chi connectivity index (χ2v) is 8.66. The second kappa shape index (κ2) is 7.21. The Hall–Kier alpha value is -2.18. The molecule has 6 heteroatoms. The summed E-state index contributed by atoms with van der Waals surface area (Å²) in [5.74, 6) is -0.379. The Morgan fingerprint density at radius 1 is 1.08 bits per heavy atom. The van der Waals surface area contributed by atoms with Gasteiger partial charge in [-0.3, -0.25) is 4.79 Å². The van der Waals surface area contributed by atoms with E-state index in [1.165, 1.54) is 0 Å². The van der Waals surface area contributed by atoms with Crippen molar-refractivity contribution in [2.24, 2.45) is 5.92 Å². The van der Waals surface area contributed by atoms with E-state index in [1.54, 1.807) is 36.1 Å². The van der Waals surface area contributed by atoms with Crippen molar-refractivity contribution in [3.63, 3.8) is 0 Å². The molecule has 0 fully saturated rings. The predicted molar refractivity (Wildman–Crippen MR) is 103 cm³/mol. The number of benzene rings is 2. The van der Waals surface area contributed by atoms with Crippen LogP contribution in [-0.2, 0) is 21.2 Å². The van der Waals surface area contributed by atoms with Gasteiger partial charge in [0, 0.05) is 12.2 Å². The molecule has 0 aliphatic carbocycles. The van der Waals surface area contributed by atoms with Crippen LogP contribution in [0.2, 0.25) is 0 Å². The standard InChI is InChI=1S/C20H24N2O3S/c1-14(2)19(21-26(24,25)18-11-7-4-8-15(18)3)20(23)22-13-12-16-9-5-6-10-17(16)22/h4-11,14,19,21H,12-13H2,1-3H3/t19-/m0/s1. The van der Waals surface area contributed by atoms with E-state index in [9.17, 15) is 13.2 Å². The summed E-state index contributed by atoms with van der Waals surface area (Å²) in [6.07, 6.45) is 0.789. The highest BCUT2D eigenvalue weighted by atomic mass is 32.2. The smallest absolute Gasteiger partial charge is 0.245 e. The summed E-state index contributed by atoms with van der Waals surface area (Å²) in [7, 11) is -3.78. The van der Waals surface area contributed by atoms with Gasteiger partial charge in [0.2, 0.25) is 15.9 Å². The number of anilines is 1. The fourth-order valence-corrected chi connectivity index (χ4v) is 4.88. The first-order valence-electron chi connectivity index (χ1n) is 8.78. The molecule has 0 saturated carbocycles. The molecule has 0 bridgehead atoms. The lowest BCUT2D eigenvalue weighted by molar-refractivity contribution is -0.121. The lowest BCUT2D eigenvalue weighted by Crippen LogP contribution is -2.51. The molecule has 0 saturated heterocycles. The number of fused-ring (bicyclic) bond motifs is 1. The number of amides is 1. The maximum Gasteiger partial charge on any atom is 0.245 e. The first-order valence-corrected chi connectivity index (χ1v) is 10.3. The lowest BCUT2D eigenvalue weighted by atomic mass is 10.0. The molecule has 0 unspecified atom stereocenters. The molecule has 2 aromatic carbocycles. The number of nitrogens with one attached hydrogen (secondary N) is 1. The Bertz CT molecular complexity index is 922. The van der Waals surface area contributed by atoms with E-state index in [-0.39, 0.29) is 16.7 Å². The van der Waals surface area contributed by atoms with Gasteiger partial charge in [-0.05, 0) is 42.5 Å². The van der Waals surface area contributed by atoms with Crippen LogP contribution in [0.25, 0.3) is 0 Å². The van der Waals surface area contributed by atoms with Gasteiger partial charge in [0.25, 0.3) is 0 Å². The monoisotopic (exact) mass is 372 g/mol. The largest absolute Gasteiger partial charge is 0.310 e. The van der Waals surface area contributed by atoms with E-state index in [2.05, 4.69) is 4.72 Å². The molecule has 3 rings (SSSR count). The van der Waals surface area contributed by atoms with Crippen molar-refractivity contribution in [3.8, 4) is 0 Å². The molecule has 1 atom stereocenters. The van der Waals surface area contributed by atoms with E-state index in [1.807, 2.05) is 38.1 Å². The SMILES string of the molecule is Cc1ccccc1S(=O)(=O)N[C@H](C(=O)N1CCc2ccccc21)C(C)C. The first-order chi connectivity index (χ1) is 12.3. The molecule has 1 N–H and O–H groups in total. The fourth-order valence-electron chi connectivity index (χ4n) is 3.30. The number of nitrogens with zero attached hydrogens (tertiary/aromatic N) is 1. The maximum absolute atomic E-state index is 13.1. The molecule has 26 heavy (non-hydrogen) atoms. The highest BCUT2D eigenvalue weighted by molar-refractivity contribution is 7.89. The van der Waals surface area contributed by atoms with Crippen LogP contribution in [0.5, 0.6) is 0 Å². The molecular formula is C20H24N2O3S. The number of hydrogen-bond acceptors (Lipinski definition) is 3. The van der Waals surface area contributed by atoms with Crippen LogP contribution >= 0.6 is 0 Å². The van der Waals surface area contributed by atoms with E-state index < -0.39 is 16.1 Å². The summed E-state index contributed by atoms with van der Waals surface area (Å²) in [6.45, 7) is 6.03. The third kappa shape index (κ3) is 3.52. The maximum atomic E-state index is 13.1. The van der Waals surface area contributed by atoms with Gasteiger partial charge < -0.3 is 4.90 Å². The van der Waals surface area contributed by atoms with Crippen LogP contribution in [0.15, 0.2) is 53.4 Å². The minimum atomic E-state index is -3.78. The van der Waals surface area contributed by atoms with Gasteiger partial charge in [-0.1, -0.05) is 50.2 Å². The van der Waals surface area contributed by atoms with Crippen molar-refractivity contribution in [1.29, 1.82) is 0 Å². The molecular weight excluding hydrogens is 348 g/mol. The van der Waals surface area contributed by atoms with Crippen LogP contribution in [0.3, 0.4) is 0 Å². The summed E-state index contributed by atoms with van der Waals surface area (Å²) >= 11 is 0. The molecule has 1 heterocycles. The van der Waals surface area contributed by atoms with Crippen molar-refractivity contribution in [3.05, 3.63) is 59.7 Å². The lowest BCUT2D eigenvalue weighted by Gasteiger charge is -2.27. The van der Waals surface area contributed by atoms with Crippen LogP contribution in [0.4, 0.5) is 5.69 Å². The minimum Gasteiger partial charge on any atom is -0.310 e. The zero-order valence-corrected chi connectivity index (χ0v) is 16.1. The van der Waals surface area contributed by atoms with Crippen LogP contribution in [0.1, 0.15) is 25.0 Å². The van der Waals surface area contributed by atoms with E-state index in [0.717, 1.165) is 17.7 Å². The Labute approximate surface area is 155 Å². The average molecular weight is 372 g/mol. The number of carbonyl (C=O) groups excluding carboxylic acids is 1. The summed E-state index contributed by atoms with van der Waals surface area (Å²) < 4.78 is 28.3. The van der Waals surface area contributed by atoms with Gasteiger partial charge >= 0.3 is 0 Å². The molecule has 0 radical (unpaired) electrons. The molecule has 0 spiro atoms. The Morgan fingerprint density at radius 2 is 1.73 bits per heavy atom. The molecule has 1 amide bonds. The summed E-state index contributed by atoms with van der Waals surface area (Å²) in [6, 6.07) is 13.7. The third-order valence-corrected chi connectivity index (χ3v) is 6.35. The van der Waals surface area contributed by atoms with Crippen molar-refractivity contribution < 1.29 is 13.2 Å². The topological polar surface area (TPSA) is 66.5 Å². The van der Waals surface area contributed by atoms with Gasteiger partial charge in [-0.15, -0.1) is 0 Å². The summed E-state index contributed by atoms with van der Waals surface area (Å²) in [5.41, 5.74) is 2.64. The zero-order chi connectivity index (χ0) is 18.9. The molecule has 138 valence electrons. The number of aryl methyl sites for hydroxylation is 1. The predicted octanol–water partition coefficient (Wildman–Crippen LogP) is 2.89. The number of rotatable bonds is 5. The third-order valence-electron chi connectivity index (χ3n) is 4.75. The minimum absolute atomic E-state index is 0.172. The zero-order valence-electron chi connectivity index (χ0n) is 15.3. The Morgan fingerprint density at radius 3 is 2.42 bits per heavy atom. The van der Waals surface area contributed by atoms with E-state index in [0.29, 0.717) is 12.1 Å². The molecule has 1 aliphatic heterocycles. The number of para-hydroxylation sites is 1. The van der Waals surface area contributed by atoms with Crippen molar-refractivity contribution >= 4 is 21.6 Å². The van der Waals surface area contributed by atoms with Gasteiger partial charge in [-0.2, -0.15) is 4.72 Å². The van der Waals surface area contributed by atoms with Crippen LogP contribution in [0, 0.1) is 12.8 Å². The normalized spacial score (nSPS) is 15.2. The summed E-state index contributed by atoms with van der Waals surface area (Å²) in [5, 5.41) is 0. The average Bonchev–Trinajstić information content (AvgIpc) is 3.03. The van der Waals surface area contributed by atoms with E-state index in [4.69, 9.17) is 0 Å². The number of sulfonamides is 1. The molecule has 2 aromatic rings. The van der Waals surface area contributed by atoms with Crippen LogP contribution < -0.4 is 9.62 Å². The highest BCUT2D eigenvalue weighted by Crippen LogP contribution is 2.29. The van der Waals surface area contributed by atoms with Gasteiger partial charge in [0.15, 0.2) is 0 Å². The van der Waals surface area contributed by atoms with Gasteiger partial charge in [-0.25, -0.2) is 8.42 Å². The van der Waals surface area contributed by atoms with Crippen molar-refractivity contribution in [2.75, 3.05) is 11.4 Å². The van der Waals surface area contributed by atoms with Crippen LogP contribution in [-0.4, -0.2) is 26.9 Å². The van der Waals surface area contributed by atoms with Gasteiger partial charge in [0.1, 0.15) is 6.04 Å². The Kier molecular flexibility index (Phi) is 5.16. The summed E-state index contributed by atoms with van der Waals surface area (Å²) in [4.78, 5) is 15.0. The molecule has 1 aliphatic rings. The fraction of sp³-hybridized carbons (Fsp3) is 0.350. The van der Waals surface area contributed by atoms with Gasteiger partial charge in [0.05, 0.1) is 4.90 Å². The molecule has 5 nitrogen and oxygen atoms in total.